The van der Waals surface area contributed by atoms with Crippen LogP contribution in [0.5, 0.6) is 0 Å². The molecule has 0 radical (unpaired) electrons. The minimum absolute atomic E-state index is 0.388. The second-order valence-corrected chi connectivity index (χ2v) is 7.85. The molecule has 0 spiro atoms. The first-order chi connectivity index (χ1) is 14.3. The molecule has 6 heterocycles. The number of fused-ring (bicyclic) bond motifs is 6. The molecule has 6 rings (SSSR count). The van der Waals surface area contributed by atoms with Gasteiger partial charge in [-0.25, -0.2) is 15.0 Å². The van der Waals surface area contributed by atoms with Crippen molar-refractivity contribution in [3.8, 4) is 22.5 Å². The number of hydrogen-bond acceptors (Lipinski definition) is 9. The largest absolute Gasteiger partial charge is 0.377 e. The molecule has 4 aromatic heterocycles. The fourth-order valence-electron chi connectivity index (χ4n) is 4.16. The third-order valence-electron chi connectivity index (χ3n) is 5.60. The number of thiazole rings is 1. The van der Waals surface area contributed by atoms with E-state index in [1.54, 1.807) is 18.7 Å². The SMILES string of the molecule is CC[C@@]12COCCN1c1nc(-n3ccnc3-c3nccs3)ncc1-n1cnnc12. The molecule has 4 aromatic rings. The van der Waals surface area contributed by atoms with Gasteiger partial charge in [0.05, 0.1) is 19.4 Å². The first kappa shape index (κ1) is 16.7. The molecule has 0 N–H and O–H groups in total. The van der Waals surface area contributed by atoms with Crippen molar-refractivity contribution < 1.29 is 4.74 Å². The fraction of sp³-hybridized carbons (Fsp3) is 0.333. The second-order valence-electron chi connectivity index (χ2n) is 6.95. The van der Waals surface area contributed by atoms with Crippen molar-refractivity contribution in [2.45, 2.75) is 18.9 Å². The molecule has 2 aliphatic heterocycles. The van der Waals surface area contributed by atoms with Crippen LogP contribution in [0, 0.1) is 0 Å². The summed E-state index contributed by atoms with van der Waals surface area (Å²) in [6.07, 6.45) is 9.74. The van der Waals surface area contributed by atoms with Crippen molar-refractivity contribution in [2.24, 2.45) is 0 Å². The van der Waals surface area contributed by atoms with Gasteiger partial charge in [-0.15, -0.1) is 21.5 Å². The summed E-state index contributed by atoms with van der Waals surface area (Å²) in [6.45, 7) is 4.07. The molecular formula is C18H17N9OS. The minimum atomic E-state index is -0.388. The molecule has 2 aliphatic rings. The zero-order valence-corrected chi connectivity index (χ0v) is 16.5. The first-order valence-corrected chi connectivity index (χ1v) is 10.3. The van der Waals surface area contributed by atoms with E-state index in [0.29, 0.717) is 19.2 Å². The van der Waals surface area contributed by atoms with Crippen LogP contribution in [0.15, 0.2) is 36.5 Å². The van der Waals surface area contributed by atoms with E-state index in [0.717, 1.165) is 41.1 Å². The summed E-state index contributed by atoms with van der Waals surface area (Å²) in [5.41, 5.74) is 0.483. The van der Waals surface area contributed by atoms with Gasteiger partial charge in [0, 0.05) is 30.5 Å². The van der Waals surface area contributed by atoms with Gasteiger partial charge in [0.25, 0.3) is 0 Å². The predicted octanol–water partition coefficient (Wildman–Crippen LogP) is 1.82. The lowest BCUT2D eigenvalue weighted by Gasteiger charge is -2.49. The van der Waals surface area contributed by atoms with Crippen molar-refractivity contribution in [1.29, 1.82) is 0 Å². The van der Waals surface area contributed by atoms with Crippen LogP contribution in [0.3, 0.4) is 0 Å². The molecule has 0 bridgehead atoms. The van der Waals surface area contributed by atoms with Gasteiger partial charge in [-0.2, -0.15) is 4.98 Å². The van der Waals surface area contributed by atoms with E-state index in [-0.39, 0.29) is 5.54 Å². The Morgan fingerprint density at radius 2 is 2.17 bits per heavy atom. The topological polar surface area (TPSA) is 99.7 Å². The third kappa shape index (κ3) is 2.25. The Bertz CT molecular complexity index is 1180. The number of rotatable bonds is 3. The number of morpholine rings is 1. The van der Waals surface area contributed by atoms with E-state index in [2.05, 4.69) is 37.0 Å². The second kappa shape index (κ2) is 6.16. The molecule has 146 valence electrons. The molecule has 10 nitrogen and oxygen atoms in total. The Balaban J connectivity index is 1.55. The molecule has 29 heavy (non-hydrogen) atoms. The van der Waals surface area contributed by atoms with E-state index >= 15 is 0 Å². The predicted molar refractivity (Wildman–Crippen MR) is 105 cm³/mol. The molecule has 0 saturated carbocycles. The maximum atomic E-state index is 5.86. The van der Waals surface area contributed by atoms with Crippen LogP contribution in [0.4, 0.5) is 5.82 Å². The first-order valence-electron chi connectivity index (χ1n) is 9.39. The van der Waals surface area contributed by atoms with E-state index in [1.165, 1.54) is 11.3 Å². The maximum Gasteiger partial charge on any atom is 0.237 e. The van der Waals surface area contributed by atoms with Crippen LogP contribution in [0.1, 0.15) is 19.2 Å². The summed E-state index contributed by atoms with van der Waals surface area (Å²) in [7, 11) is 0. The molecule has 1 fully saturated rings. The molecule has 1 saturated heterocycles. The summed E-state index contributed by atoms with van der Waals surface area (Å²) in [5, 5.41) is 11.3. The summed E-state index contributed by atoms with van der Waals surface area (Å²) in [4.78, 5) is 20.7. The molecule has 11 heteroatoms. The van der Waals surface area contributed by atoms with Crippen LogP contribution in [-0.4, -0.2) is 59.0 Å². The van der Waals surface area contributed by atoms with Crippen LogP contribution in [0.2, 0.25) is 0 Å². The van der Waals surface area contributed by atoms with Crippen molar-refractivity contribution in [3.63, 3.8) is 0 Å². The quantitative estimate of drug-likeness (QED) is 0.507. The average Bonchev–Trinajstić information content (AvgIpc) is 3.54. The number of imidazole rings is 1. The smallest absolute Gasteiger partial charge is 0.237 e. The monoisotopic (exact) mass is 407 g/mol. The van der Waals surface area contributed by atoms with Gasteiger partial charge in [-0.1, -0.05) is 6.92 Å². The molecule has 0 aromatic carbocycles. The van der Waals surface area contributed by atoms with Gasteiger partial charge >= 0.3 is 0 Å². The Kier molecular flexibility index (Phi) is 3.56. The van der Waals surface area contributed by atoms with Crippen LogP contribution in [0.25, 0.3) is 22.5 Å². The van der Waals surface area contributed by atoms with Gasteiger partial charge in [-0.3, -0.25) is 9.13 Å². The Morgan fingerprint density at radius 3 is 3.03 bits per heavy atom. The lowest BCUT2D eigenvalue weighted by Crippen LogP contribution is -2.58. The summed E-state index contributed by atoms with van der Waals surface area (Å²) < 4.78 is 9.70. The zero-order valence-electron chi connectivity index (χ0n) is 15.6. The van der Waals surface area contributed by atoms with Gasteiger partial charge in [0.15, 0.2) is 22.5 Å². The Hall–Kier alpha value is -3.18. The molecular weight excluding hydrogens is 390 g/mol. The van der Waals surface area contributed by atoms with Crippen molar-refractivity contribution in [2.75, 3.05) is 24.7 Å². The number of nitrogens with zero attached hydrogens (tertiary/aromatic N) is 9. The van der Waals surface area contributed by atoms with E-state index in [4.69, 9.17) is 9.72 Å². The highest BCUT2D eigenvalue weighted by Gasteiger charge is 2.48. The highest BCUT2D eigenvalue weighted by Crippen LogP contribution is 2.43. The zero-order chi connectivity index (χ0) is 19.4. The van der Waals surface area contributed by atoms with Gasteiger partial charge in [0.2, 0.25) is 5.95 Å². The van der Waals surface area contributed by atoms with E-state index in [9.17, 15) is 0 Å². The van der Waals surface area contributed by atoms with Crippen molar-refractivity contribution >= 4 is 17.2 Å². The standard InChI is InChI=1S/C18H17N9OS/c1-2-18-10-28-7-6-27(18)13-12(26-11-22-24-16(18)26)9-21-17(23-13)25-5-3-19-14(25)15-20-4-8-29-15/h3-5,8-9,11H,2,6-7,10H2,1H3/t18-/m0/s1. The van der Waals surface area contributed by atoms with E-state index in [1.807, 2.05) is 26.9 Å². The van der Waals surface area contributed by atoms with Crippen molar-refractivity contribution in [1.82, 2.24) is 39.3 Å². The van der Waals surface area contributed by atoms with Crippen LogP contribution < -0.4 is 4.90 Å². The maximum absolute atomic E-state index is 5.86. The number of aromatic nitrogens is 8. The lowest BCUT2D eigenvalue weighted by atomic mass is 9.90. The van der Waals surface area contributed by atoms with Gasteiger partial charge in [-0.05, 0) is 6.42 Å². The molecule has 0 amide bonds. The number of anilines is 1. The Morgan fingerprint density at radius 1 is 1.21 bits per heavy atom. The van der Waals surface area contributed by atoms with Gasteiger partial charge < -0.3 is 9.64 Å². The third-order valence-corrected chi connectivity index (χ3v) is 6.37. The highest BCUT2D eigenvalue weighted by atomic mass is 32.1. The highest BCUT2D eigenvalue weighted by molar-refractivity contribution is 7.13. The van der Waals surface area contributed by atoms with Crippen molar-refractivity contribution in [3.05, 3.63) is 42.3 Å². The Labute approximate surface area is 169 Å². The van der Waals surface area contributed by atoms with Gasteiger partial charge in [0.1, 0.15) is 17.6 Å². The molecule has 0 unspecified atom stereocenters. The van der Waals surface area contributed by atoms with E-state index < -0.39 is 0 Å². The fourth-order valence-corrected chi connectivity index (χ4v) is 4.79. The summed E-state index contributed by atoms with van der Waals surface area (Å²) in [6, 6.07) is 0. The normalized spacial score (nSPS) is 20.2. The van der Waals surface area contributed by atoms with Crippen LogP contribution in [-0.2, 0) is 10.3 Å². The number of ether oxygens (including phenoxy) is 1. The summed E-state index contributed by atoms with van der Waals surface area (Å²) >= 11 is 1.53. The summed E-state index contributed by atoms with van der Waals surface area (Å²) in [5.74, 6) is 3.00. The minimum Gasteiger partial charge on any atom is -0.377 e. The molecule has 0 aliphatic carbocycles. The number of hydrogen-bond donors (Lipinski definition) is 0. The molecule has 1 atom stereocenters. The lowest BCUT2D eigenvalue weighted by molar-refractivity contribution is 0.0390. The average molecular weight is 407 g/mol. The van der Waals surface area contributed by atoms with Crippen LogP contribution >= 0.6 is 11.3 Å².